The maximum Gasteiger partial charge on any atom is 0.227 e. The lowest BCUT2D eigenvalue weighted by molar-refractivity contribution is -0.119. The topological polar surface area (TPSA) is 64.4 Å². The molecular weight excluding hydrogens is 336 g/mol. The lowest BCUT2D eigenvalue weighted by Crippen LogP contribution is -2.23. The molecular formula is C20H25ClN2O2. The van der Waals surface area contributed by atoms with Gasteiger partial charge in [0.05, 0.1) is 13.2 Å². The van der Waals surface area contributed by atoms with Gasteiger partial charge in [0, 0.05) is 17.6 Å². The molecule has 5 heteroatoms. The highest BCUT2D eigenvalue weighted by Gasteiger charge is 2.27. The van der Waals surface area contributed by atoms with Crippen molar-refractivity contribution in [1.29, 1.82) is 0 Å². The molecule has 0 aliphatic heterocycles. The summed E-state index contributed by atoms with van der Waals surface area (Å²) in [5.74, 6) is 0.130. The number of halogens is 1. The van der Waals surface area contributed by atoms with Crippen LogP contribution in [0.15, 0.2) is 54.6 Å². The molecule has 3 N–H and O–H groups in total. The average molecular weight is 361 g/mol. The lowest BCUT2D eigenvalue weighted by Gasteiger charge is -2.11. The van der Waals surface area contributed by atoms with Crippen molar-refractivity contribution in [2.45, 2.75) is 38.5 Å². The Kier molecular flexibility index (Phi) is 7.44. The second-order valence-electron chi connectivity index (χ2n) is 6.43. The van der Waals surface area contributed by atoms with E-state index in [1.807, 2.05) is 54.6 Å². The van der Waals surface area contributed by atoms with E-state index in [-0.39, 0.29) is 30.3 Å². The number of amides is 1. The Labute approximate surface area is 155 Å². The van der Waals surface area contributed by atoms with E-state index in [2.05, 4.69) is 5.32 Å². The summed E-state index contributed by atoms with van der Waals surface area (Å²) < 4.78 is 5.72. The summed E-state index contributed by atoms with van der Waals surface area (Å²) in [7, 11) is 0. The Balaban J connectivity index is 0.00000225. The smallest absolute Gasteiger partial charge is 0.227 e. The highest BCUT2D eigenvalue weighted by molar-refractivity contribution is 5.92. The van der Waals surface area contributed by atoms with E-state index in [1.165, 1.54) is 0 Å². The summed E-state index contributed by atoms with van der Waals surface area (Å²) in [6.07, 6.45) is 2.62. The predicted molar refractivity (Wildman–Crippen MR) is 103 cm³/mol. The maximum atomic E-state index is 12.2. The van der Waals surface area contributed by atoms with Gasteiger partial charge >= 0.3 is 0 Å². The van der Waals surface area contributed by atoms with Gasteiger partial charge in [-0.15, -0.1) is 12.4 Å². The zero-order valence-electron chi connectivity index (χ0n) is 14.2. The first-order chi connectivity index (χ1) is 11.7. The van der Waals surface area contributed by atoms with E-state index in [0.717, 1.165) is 36.1 Å². The monoisotopic (exact) mass is 360 g/mol. The predicted octanol–water partition coefficient (Wildman–Crippen LogP) is 3.89. The minimum atomic E-state index is 0. The number of benzene rings is 2. The summed E-state index contributed by atoms with van der Waals surface area (Å²) in [5, 5.41) is 2.98. The van der Waals surface area contributed by atoms with Crippen molar-refractivity contribution in [2.24, 2.45) is 11.7 Å². The number of carbonyl (C=O) groups is 1. The molecule has 3 rings (SSSR count). The molecule has 25 heavy (non-hydrogen) atoms. The number of rotatable bonds is 6. The molecule has 1 saturated carbocycles. The first kappa shape index (κ1) is 19.4. The summed E-state index contributed by atoms with van der Waals surface area (Å²) in [5.41, 5.74) is 8.95. The highest BCUT2D eigenvalue weighted by atomic mass is 35.5. The molecule has 4 nitrogen and oxygen atoms in total. The van der Waals surface area contributed by atoms with Crippen LogP contribution in [0.3, 0.4) is 0 Å². The van der Waals surface area contributed by atoms with Gasteiger partial charge in [0.25, 0.3) is 0 Å². The molecule has 1 amide bonds. The van der Waals surface area contributed by atoms with Gasteiger partial charge in [0.1, 0.15) is 0 Å². The van der Waals surface area contributed by atoms with E-state index >= 15 is 0 Å². The van der Waals surface area contributed by atoms with E-state index in [1.54, 1.807) is 0 Å². The minimum absolute atomic E-state index is 0. The highest BCUT2D eigenvalue weighted by Crippen LogP contribution is 2.25. The van der Waals surface area contributed by atoms with Crippen molar-refractivity contribution in [2.75, 3.05) is 5.32 Å². The van der Waals surface area contributed by atoms with Crippen LogP contribution in [0.4, 0.5) is 5.69 Å². The van der Waals surface area contributed by atoms with Crippen molar-refractivity contribution >= 4 is 24.0 Å². The second-order valence-corrected chi connectivity index (χ2v) is 6.43. The molecule has 0 aromatic heterocycles. The average Bonchev–Trinajstić information content (AvgIpc) is 3.04. The van der Waals surface area contributed by atoms with Crippen molar-refractivity contribution < 1.29 is 9.53 Å². The fraction of sp³-hybridized carbons (Fsp3) is 0.350. The lowest BCUT2D eigenvalue weighted by atomic mass is 10.1. The van der Waals surface area contributed by atoms with Crippen LogP contribution in [0.1, 0.15) is 30.4 Å². The van der Waals surface area contributed by atoms with Crippen molar-refractivity contribution in [3.8, 4) is 0 Å². The summed E-state index contributed by atoms with van der Waals surface area (Å²) in [6.45, 7) is 1.15. The number of ether oxygens (including phenoxy) is 1. The Hall–Kier alpha value is -1.88. The van der Waals surface area contributed by atoms with Crippen LogP contribution in [0, 0.1) is 5.92 Å². The second kappa shape index (κ2) is 9.56. The zero-order chi connectivity index (χ0) is 16.8. The van der Waals surface area contributed by atoms with Crippen LogP contribution >= 0.6 is 12.4 Å². The minimum Gasteiger partial charge on any atom is -0.372 e. The molecule has 2 unspecified atom stereocenters. The quantitative estimate of drug-likeness (QED) is 0.821. The summed E-state index contributed by atoms with van der Waals surface area (Å²) in [4.78, 5) is 12.2. The zero-order valence-corrected chi connectivity index (χ0v) is 15.0. The van der Waals surface area contributed by atoms with Gasteiger partial charge in [-0.1, -0.05) is 42.5 Å². The Morgan fingerprint density at radius 2 is 1.64 bits per heavy atom. The maximum absolute atomic E-state index is 12.2. The van der Waals surface area contributed by atoms with Gasteiger partial charge in [-0.3, -0.25) is 4.79 Å². The van der Waals surface area contributed by atoms with E-state index in [9.17, 15) is 4.79 Å². The molecule has 0 saturated heterocycles. The standard InChI is InChI=1S/C20H24N2O2.ClH/c21-18-9-8-17(12-18)20(23)22-19-10-6-16(7-11-19)14-24-13-15-4-2-1-3-5-15;/h1-7,10-11,17-18H,8-9,12-14,21H2,(H,22,23);1H. The molecule has 1 aliphatic rings. The molecule has 0 bridgehead atoms. The number of anilines is 1. The Bertz CT molecular complexity index is 661. The van der Waals surface area contributed by atoms with Crippen molar-refractivity contribution in [3.63, 3.8) is 0 Å². The van der Waals surface area contributed by atoms with Gasteiger partial charge < -0.3 is 15.8 Å². The van der Waals surface area contributed by atoms with Crippen molar-refractivity contribution in [3.05, 3.63) is 65.7 Å². The Morgan fingerprint density at radius 3 is 2.24 bits per heavy atom. The summed E-state index contributed by atoms with van der Waals surface area (Å²) >= 11 is 0. The van der Waals surface area contributed by atoms with Crippen LogP contribution in [-0.2, 0) is 22.7 Å². The van der Waals surface area contributed by atoms with Crippen LogP contribution in [-0.4, -0.2) is 11.9 Å². The van der Waals surface area contributed by atoms with Crippen LogP contribution in [0.25, 0.3) is 0 Å². The third-order valence-electron chi connectivity index (χ3n) is 4.45. The molecule has 0 spiro atoms. The number of nitrogens with two attached hydrogens (primary N) is 1. The van der Waals surface area contributed by atoms with E-state index in [4.69, 9.17) is 10.5 Å². The van der Waals surface area contributed by atoms with Gasteiger partial charge in [0.2, 0.25) is 5.91 Å². The van der Waals surface area contributed by atoms with Crippen LogP contribution < -0.4 is 11.1 Å². The van der Waals surface area contributed by atoms with Crippen molar-refractivity contribution in [1.82, 2.24) is 0 Å². The van der Waals surface area contributed by atoms with Gasteiger partial charge in [-0.05, 0) is 42.5 Å². The van der Waals surface area contributed by atoms with Crippen LogP contribution in [0.5, 0.6) is 0 Å². The first-order valence-corrected chi connectivity index (χ1v) is 8.48. The molecule has 2 aromatic carbocycles. The van der Waals surface area contributed by atoms with E-state index in [0.29, 0.717) is 13.2 Å². The fourth-order valence-corrected chi connectivity index (χ4v) is 3.04. The van der Waals surface area contributed by atoms with E-state index < -0.39 is 0 Å². The molecule has 134 valence electrons. The van der Waals surface area contributed by atoms with Gasteiger partial charge in [-0.25, -0.2) is 0 Å². The molecule has 1 aliphatic carbocycles. The molecule has 2 aromatic rings. The normalized spacial score (nSPS) is 19.2. The summed E-state index contributed by atoms with van der Waals surface area (Å²) in [6, 6.07) is 18.1. The molecule has 0 heterocycles. The third kappa shape index (κ3) is 5.85. The SMILES string of the molecule is Cl.NC1CCC(C(=O)Nc2ccc(COCc3ccccc3)cc2)C1. The fourth-order valence-electron chi connectivity index (χ4n) is 3.04. The third-order valence-corrected chi connectivity index (χ3v) is 4.45. The largest absolute Gasteiger partial charge is 0.372 e. The number of hydrogen-bond acceptors (Lipinski definition) is 3. The van der Waals surface area contributed by atoms with Crippen LogP contribution in [0.2, 0.25) is 0 Å². The number of hydrogen-bond donors (Lipinski definition) is 2. The molecule has 0 radical (unpaired) electrons. The molecule has 1 fully saturated rings. The Morgan fingerprint density at radius 1 is 1.00 bits per heavy atom. The molecule has 2 atom stereocenters. The number of carbonyl (C=O) groups excluding carboxylic acids is 1. The first-order valence-electron chi connectivity index (χ1n) is 8.48. The van der Waals surface area contributed by atoms with Gasteiger partial charge in [0.15, 0.2) is 0 Å². The van der Waals surface area contributed by atoms with Gasteiger partial charge in [-0.2, -0.15) is 0 Å². The number of nitrogens with one attached hydrogen (secondary N) is 1.